The molecule has 342 valence electrons. The molecular formula is C45H74N2O13. The highest BCUT2D eigenvalue weighted by molar-refractivity contribution is 5.76. The maximum absolute atomic E-state index is 14.4. The maximum atomic E-state index is 14.4. The molecule has 0 radical (unpaired) electrons. The van der Waals surface area contributed by atoms with E-state index in [-0.39, 0.29) is 31.4 Å². The summed E-state index contributed by atoms with van der Waals surface area (Å²) in [5.41, 5.74) is -3.07. The fourth-order valence-electron chi connectivity index (χ4n) is 9.99. The molecule has 4 aliphatic rings. The summed E-state index contributed by atoms with van der Waals surface area (Å²) in [6.07, 6.45) is -8.62. The number of fused-ring (bicyclic) bond motifs is 1. The van der Waals surface area contributed by atoms with Crippen LogP contribution in [0, 0.1) is 23.7 Å². The number of methoxy groups -OCH3 is 2. The van der Waals surface area contributed by atoms with E-state index in [1.165, 1.54) is 14.0 Å². The number of aliphatic imine (C=N–C) groups is 1. The van der Waals surface area contributed by atoms with Crippen molar-refractivity contribution in [3.05, 3.63) is 35.9 Å². The molecule has 15 nitrogen and oxygen atoms in total. The number of esters is 1. The minimum Gasteiger partial charge on any atom is -0.459 e. The van der Waals surface area contributed by atoms with E-state index in [0.29, 0.717) is 19.0 Å². The van der Waals surface area contributed by atoms with Crippen LogP contribution < -0.4 is 0 Å². The topological polar surface area (TPSA) is 187 Å². The van der Waals surface area contributed by atoms with Crippen molar-refractivity contribution in [3.63, 3.8) is 0 Å². The predicted molar refractivity (Wildman–Crippen MR) is 223 cm³/mol. The predicted octanol–water partition coefficient (Wildman–Crippen LogP) is 4.20. The number of aliphatic hydroxyl groups is 4. The van der Waals surface area contributed by atoms with Crippen LogP contribution in [0.1, 0.15) is 100 Å². The molecule has 4 saturated heterocycles. The molecule has 15 heteroatoms. The Kier molecular flexibility index (Phi) is 15.8. The number of aliphatic hydroxyl groups excluding tert-OH is 3. The molecule has 4 aliphatic heterocycles. The zero-order valence-electron chi connectivity index (χ0n) is 38.0. The molecule has 4 fully saturated rings. The van der Waals surface area contributed by atoms with Crippen LogP contribution in [0.25, 0.3) is 0 Å². The number of ether oxygens (including phenoxy) is 8. The first kappa shape index (κ1) is 48.6. The largest absolute Gasteiger partial charge is 0.459 e. The number of likely N-dealkylation sites (N-methyl/N-ethyl adjacent to an activating group) is 1. The van der Waals surface area contributed by atoms with Gasteiger partial charge in [0, 0.05) is 39.5 Å². The molecule has 1 aromatic rings. The van der Waals surface area contributed by atoms with E-state index in [9.17, 15) is 25.2 Å². The van der Waals surface area contributed by atoms with Crippen LogP contribution in [0.2, 0.25) is 0 Å². The maximum Gasteiger partial charge on any atom is 0.311 e. The summed E-state index contributed by atoms with van der Waals surface area (Å²) in [6.45, 7) is 18.2. The molecule has 4 heterocycles. The van der Waals surface area contributed by atoms with E-state index in [2.05, 4.69) is 0 Å². The Labute approximate surface area is 357 Å². The monoisotopic (exact) mass is 851 g/mol. The fourth-order valence-corrected chi connectivity index (χ4v) is 9.99. The van der Waals surface area contributed by atoms with Gasteiger partial charge in [-0.05, 0) is 72.3 Å². The van der Waals surface area contributed by atoms with Crippen molar-refractivity contribution >= 4 is 12.0 Å². The quantitative estimate of drug-likeness (QED) is 0.259. The van der Waals surface area contributed by atoms with Gasteiger partial charge in [0.15, 0.2) is 18.7 Å². The van der Waals surface area contributed by atoms with Gasteiger partial charge in [0.05, 0.1) is 66.3 Å². The second kappa shape index (κ2) is 19.5. The van der Waals surface area contributed by atoms with Gasteiger partial charge in [-0.1, -0.05) is 58.0 Å². The first-order chi connectivity index (χ1) is 28.1. The van der Waals surface area contributed by atoms with Crippen LogP contribution in [0.15, 0.2) is 35.3 Å². The van der Waals surface area contributed by atoms with Gasteiger partial charge in [-0.2, -0.15) is 0 Å². The summed E-state index contributed by atoms with van der Waals surface area (Å²) in [4.78, 5) is 21.3. The Morgan fingerprint density at radius 3 is 2.13 bits per heavy atom. The van der Waals surface area contributed by atoms with Gasteiger partial charge < -0.3 is 63.2 Å². The fraction of sp³-hybridized carbons (Fsp3) is 0.822. The zero-order valence-corrected chi connectivity index (χ0v) is 38.0. The number of hydrogen-bond donors (Lipinski definition) is 4. The van der Waals surface area contributed by atoms with Gasteiger partial charge in [-0.15, -0.1) is 0 Å². The highest BCUT2D eigenvalue weighted by atomic mass is 16.7. The van der Waals surface area contributed by atoms with Crippen LogP contribution in [0.3, 0.4) is 0 Å². The van der Waals surface area contributed by atoms with Crippen LogP contribution >= 0.6 is 0 Å². The highest BCUT2D eigenvalue weighted by Gasteiger charge is 2.56. The van der Waals surface area contributed by atoms with Crippen LogP contribution in [0.5, 0.6) is 0 Å². The molecule has 0 amide bonds. The number of carbonyl (C=O) groups is 1. The molecule has 0 bridgehead atoms. The minimum atomic E-state index is -1.91. The van der Waals surface area contributed by atoms with E-state index in [0.717, 1.165) is 5.56 Å². The number of benzene rings is 1. The van der Waals surface area contributed by atoms with Crippen molar-refractivity contribution in [1.82, 2.24) is 4.90 Å². The zero-order chi connectivity index (χ0) is 44.5. The Morgan fingerprint density at radius 1 is 0.867 bits per heavy atom. The summed E-state index contributed by atoms with van der Waals surface area (Å²) < 4.78 is 51.8. The molecule has 0 aromatic heterocycles. The Hall–Kier alpha value is -2.44. The van der Waals surface area contributed by atoms with E-state index >= 15 is 0 Å². The van der Waals surface area contributed by atoms with E-state index in [4.69, 9.17) is 42.9 Å². The lowest BCUT2D eigenvalue weighted by atomic mass is 9.73. The van der Waals surface area contributed by atoms with Crippen molar-refractivity contribution in [3.8, 4) is 0 Å². The molecular weight excluding hydrogens is 776 g/mol. The number of nitrogens with zero attached hydrogens (tertiary/aromatic N) is 2. The van der Waals surface area contributed by atoms with Crippen molar-refractivity contribution in [2.75, 3.05) is 21.3 Å². The number of cyclic esters (lactones) is 1. The summed E-state index contributed by atoms with van der Waals surface area (Å²) >= 11 is 0. The molecule has 1 aromatic carbocycles. The van der Waals surface area contributed by atoms with Gasteiger partial charge in [-0.25, -0.2) is 4.99 Å². The number of rotatable bonds is 9. The molecule has 4 N–H and O–H groups in total. The van der Waals surface area contributed by atoms with Gasteiger partial charge in [0.2, 0.25) is 0 Å². The molecule has 0 aliphatic carbocycles. The SMILES string of the molecule is CC[C@H]1OC(=O)[C@H](C)[C@@H](O[C@H]2C[C@@](C)(OC)[C@@H](O)[C@H](C)O2)[C@H](C)[C@@H](O[C@H]2O[C@H](C)C[C@H]3[C@H]2OC(=NCc2ccccc2)N3C)[C@](C)(OC)C[C@@H](C)[C@H](O)[C@H](C)[C@@H](O)[C@]1(C)O. The van der Waals surface area contributed by atoms with Crippen molar-refractivity contribution in [2.24, 2.45) is 28.7 Å². The molecule has 5 rings (SSSR count). The van der Waals surface area contributed by atoms with E-state index in [1.54, 1.807) is 41.7 Å². The number of carbonyl (C=O) groups excluding carboxylic acids is 1. The van der Waals surface area contributed by atoms with Gasteiger partial charge in [0.1, 0.15) is 17.8 Å². The van der Waals surface area contributed by atoms with Crippen LogP contribution in [0.4, 0.5) is 0 Å². The Bertz CT molecular complexity index is 1580. The van der Waals surface area contributed by atoms with Gasteiger partial charge in [-0.3, -0.25) is 4.79 Å². The summed E-state index contributed by atoms with van der Waals surface area (Å²) in [5, 5.41) is 46.3. The number of hydrogen-bond acceptors (Lipinski definition) is 14. The Balaban J connectivity index is 1.59. The second-order valence-corrected chi connectivity index (χ2v) is 18.7. The summed E-state index contributed by atoms with van der Waals surface area (Å²) in [6, 6.07) is 10.3. The van der Waals surface area contributed by atoms with Gasteiger partial charge >= 0.3 is 5.97 Å². The van der Waals surface area contributed by atoms with E-state index < -0.39 is 108 Å². The Morgan fingerprint density at radius 2 is 1.52 bits per heavy atom. The molecule has 0 unspecified atom stereocenters. The second-order valence-electron chi connectivity index (χ2n) is 18.7. The van der Waals surface area contributed by atoms with Crippen LogP contribution in [-0.4, -0.2) is 149 Å². The minimum absolute atomic E-state index is 0.131. The number of amidine groups is 1. The lowest BCUT2D eigenvalue weighted by molar-refractivity contribution is -0.315. The van der Waals surface area contributed by atoms with Crippen molar-refractivity contribution < 1.29 is 63.1 Å². The third-order valence-corrected chi connectivity index (χ3v) is 14.1. The molecule has 60 heavy (non-hydrogen) atoms. The third kappa shape index (κ3) is 10.0. The molecule has 0 saturated carbocycles. The highest BCUT2D eigenvalue weighted by Crippen LogP contribution is 2.43. The smallest absolute Gasteiger partial charge is 0.311 e. The first-order valence-electron chi connectivity index (χ1n) is 21.8. The first-order valence-corrected chi connectivity index (χ1v) is 21.8. The average molecular weight is 851 g/mol. The summed E-state index contributed by atoms with van der Waals surface area (Å²) in [7, 11) is 5.06. The molecule has 0 spiro atoms. The summed E-state index contributed by atoms with van der Waals surface area (Å²) in [5.74, 6) is -3.65. The normalized spacial score (nSPS) is 46.6. The van der Waals surface area contributed by atoms with Gasteiger partial charge in [0.25, 0.3) is 6.02 Å². The van der Waals surface area contributed by atoms with Crippen molar-refractivity contribution in [2.45, 2.75) is 192 Å². The standard InChI is InChI=1S/C45H74N2O13/c1-14-32-45(10,52)37(49)26(4)34(48)24(2)21-44(9,54-13)39(27(5)35(28(6)40(51)57-32)58-33-22-43(8,53-12)38(50)29(7)56-33)60-41-36-31(20-25(3)55-41)47(11)42(59-36)46-23-30-18-16-15-17-19-30/h15-19,24-29,31-39,41,48-50,52H,14,20-23H2,1-13H3/t24-,25-,26+,27+,28-,29+,31+,32-,33+,34+,35+,36-,37-,38+,39-,41-,43-,44-,45-/m1/s1. The lowest BCUT2D eigenvalue weighted by Gasteiger charge is -2.49. The van der Waals surface area contributed by atoms with Crippen molar-refractivity contribution in [1.29, 1.82) is 0 Å². The average Bonchev–Trinajstić information content (AvgIpc) is 3.54. The van der Waals surface area contributed by atoms with Crippen LogP contribution in [-0.2, 0) is 49.2 Å². The van der Waals surface area contributed by atoms with E-state index in [1.807, 2.05) is 70.0 Å². The molecule has 19 atom stereocenters. The third-order valence-electron chi connectivity index (χ3n) is 14.1. The lowest BCUT2D eigenvalue weighted by Crippen LogP contribution is -2.61.